The van der Waals surface area contributed by atoms with Crippen molar-refractivity contribution in [1.82, 2.24) is 14.9 Å². The van der Waals surface area contributed by atoms with Crippen LogP contribution in [0.4, 0.5) is 17.6 Å². The van der Waals surface area contributed by atoms with E-state index in [-0.39, 0.29) is 29.1 Å². The van der Waals surface area contributed by atoms with E-state index in [4.69, 9.17) is 4.74 Å². The predicted molar refractivity (Wildman–Crippen MR) is 92.3 cm³/mol. The molecule has 0 aliphatic carbocycles. The number of carbonyl (C=O) groups excluding carboxylic acids is 2. The van der Waals surface area contributed by atoms with Crippen LogP contribution in [0.1, 0.15) is 50.6 Å². The summed E-state index contributed by atoms with van der Waals surface area (Å²) in [6.07, 6.45) is -1.53. The minimum absolute atomic E-state index is 0.0217. The Bertz CT molecular complexity index is 1000. The third-order valence-corrected chi connectivity index (χ3v) is 4.79. The van der Waals surface area contributed by atoms with E-state index in [9.17, 15) is 32.3 Å². The Morgan fingerprint density at radius 3 is 2.67 bits per heavy atom. The molecular weight excluding hydrogens is 410 g/mol. The van der Waals surface area contributed by atoms with Gasteiger partial charge in [0.2, 0.25) is 0 Å². The van der Waals surface area contributed by atoms with Gasteiger partial charge in [-0.05, 0) is 31.5 Å². The molecule has 0 saturated heterocycles. The van der Waals surface area contributed by atoms with Crippen molar-refractivity contribution in [3.8, 4) is 5.75 Å². The van der Waals surface area contributed by atoms with Gasteiger partial charge in [0.15, 0.2) is 6.61 Å². The second-order valence-corrected chi connectivity index (χ2v) is 6.81. The molecule has 0 aromatic carbocycles. The highest BCUT2D eigenvalue weighted by Gasteiger charge is 2.42. The average Bonchev–Trinajstić information content (AvgIpc) is 3.03. The maximum atomic E-state index is 13.0. The number of hydrogen-bond acceptors (Lipinski definition) is 6. The number of fused-ring (bicyclic) bond motifs is 1. The topological polar surface area (TPSA) is 95.5 Å². The van der Waals surface area contributed by atoms with Crippen molar-refractivity contribution in [2.45, 2.75) is 38.8 Å². The number of rotatable bonds is 7. The Morgan fingerprint density at radius 2 is 2.07 bits per heavy atom. The van der Waals surface area contributed by atoms with Crippen molar-refractivity contribution in [3.63, 3.8) is 0 Å². The van der Waals surface area contributed by atoms with Gasteiger partial charge >= 0.3 is 12.3 Å². The van der Waals surface area contributed by atoms with Gasteiger partial charge < -0.3 is 19.5 Å². The number of aromatic carboxylic acids is 1. The second kappa shape index (κ2) is 7.88. The number of hydrogen-bond donors (Lipinski definition) is 0. The number of nitrogens with zero attached hydrogens (tertiary/aromatic N) is 3. The number of aromatic nitrogens is 2. The van der Waals surface area contributed by atoms with E-state index in [0.717, 1.165) is 6.20 Å². The molecule has 2 aromatic heterocycles. The Hall–Kier alpha value is -3.24. The molecule has 1 atom stereocenters. The maximum Gasteiger partial charge on any atom is 0.340 e. The van der Waals surface area contributed by atoms with Gasteiger partial charge in [-0.3, -0.25) is 14.8 Å². The van der Waals surface area contributed by atoms with E-state index < -0.39 is 36.9 Å². The first-order chi connectivity index (χ1) is 14.0. The fourth-order valence-electron chi connectivity index (χ4n) is 3.08. The van der Waals surface area contributed by atoms with Gasteiger partial charge in [-0.2, -0.15) is 8.78 Å². The Balaban J connectivity index is 1.79. The smallest absolute Gasteiger partial charge is 0.340 e. The number of alkyl halides is 4. The molecule has 7 nitrogen and oxygen atoms in total. The lowest BCUT2D eigenvalue weighted by molar-refractivity contribution is -0.255. The first-order valence-corrected chi connectivity index (χ1v) is 8.78. The van der Waals surface area contributed by atoms with Crippen LogP contribution in [0.3, 0.4) is 0 Å². The minimum Gasteiger partial charge on any atom is -0.543 e. The van der Waals surface area contributed by atoms with E-state index in [1.165, 1.54) is 30.2 Å². The normalized spacial score (nSPS) is 14.8. The summed E-state index contributed by atoms with van der Waals surface area (Å²) >= 11 is 0. The molecule has 2 aromatic rings. The summed E-state index contributed by atoms with van der Waals surface area (Å²) in [5, 5.41) is 11.2. The number of aryl methyl sites for hydroxylation is 1. The van der Waals surface area contributed by atoms with E-state index in [0.29, 0.717) is 11.3 Å². The van der Waals surface area contributed by atoms with Gasteiger partial charge in [0, 0.05) is 23.9 Å². The summed E-state index contributed by atoms with van der Waals surface area (Å²) in [6, 6.07) is 2.29. The molecule has 1 aliphatic rings. The average molecular weight is 426 g/mol. The largest absolute Gasteiger partial charge is 0.543 e. The van der Waals surface area contributed by atoms with Gasteiger partial charge in [-0.15, -0.1) is 0 Å². The first-order valence-electron chi connectivity index (χ1n) is 8.78. The van der Waals surface area contributed by atoms with Crippen molar-refractivity contribution in [1.29, 1.82) is 0 Å². The fourth-order valence-corrected chi connectivity index (χ4v) is 3.08. The zero-order chi connectivity index (χ0) is 22.2. The molecule has 160 valence electrons. The lowest BCUT2D eigenvalue weighted by Crippen LogP contribution is -2.34. The van der Waals surface area contributed by atoms with Crippen LogP contribution in [0.5, 0.6) is 5.75 Å². The van der Waals surface area contributed by atoms with E-state index >= 15 is 0 Å². The Kier molecular flexibility index (Phi) is 5.64. The third-order valence-electron chi connectivity index (χ3n) is 4.79. The van der Waals surface area contributed by atoms with E-state index in [1.807, 2.05) is 0 Å². The van der Waals surface area contributed by atoms with Gasteiger partial charge in [-0.1, -0.05) is 0 Å². The number of ether oxygens (including phenoxy) is 1. The van der Waals surface area contributed by atoms with E-state index in [2.05, 4.69) is 9.97 Å². The second-order valence-electron chi connectivity index (χ2n) is 6.81. The number of carbonyl (C=O) groups is 2. The molecule has 0 saturated carbocycles. The summed E-state index contributed by atoms with van der Waals surface area (Å²) < 4.78 is 55.4. The maximum absolute atomic E-state index is 13.0. The molecule has 1 aliphatic heterocycles. The highest BCUT2D eigenvalue weighted by Crippen LogP contribution is 2.33. The van der Waals surface area contributed by atoms with Gasteiger partial charge in [-0.25, -0.2) is 8.78 Å². The lowest BCUT2D eigenvalue weighted by atomic mass is 10.1. The van der Waals surface area contributed by atoms with Crippen LogP contribution < -0.4 is 9.84 Å². The zero-order valence-corrected chi connectivity index (χ0v) is 15.9. The van der Waals surface area contributed by atoms with Crippen molar-refractivity contribution in [2.75, 3.05) is 6.61 Å². The number of carboxylic acids is 1. The number of carboxylic acid groups (broad SMARTS) is 1. The number of pyridine rings is 2. The molecule has 0 fully saturated rings. The van der Waals surface area contributed by atoms with Crippen LogP contribution in [0.25, 0.3) is 0 Å². The van der Waals surface area contributed by atoms with Crippen molar-refractivity contribution >= 4 is 11.9 Å². The molecule has 0 bridgehead atoms. The van der Waals surface area contributed by atoms with Crippen molar-refractivity contribution in [2.24, 2.45) is 0 Å². The molecule has 1 amide bonds. The SMILES string of the molecule is Cc1cc(C(C)N2Cc3c(ccnc3C(=O)[O-])C2=O)ncc1OCC(F)(F)C(F)F. The summed E-state index contributed by atoms with van der Waals surface area (Å²) in [5.74, 6) is -6.30. The fraction of sp³-hybridized carbons (Fsp3) is 0.368. The summed E-state index contributed by atoms with van der Waals surface area (Å²) in [7, 11) is 0. The first kappa shape index (κ1) is 21.5. The summed E-state index contributed by atoms with van der Waals surface area (Å²) in [6.45, 7) is 1.66. The van der Waals surface area contributed by atoms with Crippen molar-refractivity contribution < 1.29 is 37.0 Å². The predicted octanol–water partition coefficient (Wildman–Crippen LogP) is 2.14. The molecule has 0 N–H and O–H groups in total. The lowest BCUT2D eigenvalue weighted by Gasteiger charge is -2.24. The third kappa shape index (κ3) is 3.91. The van der Waals surface area contributed by atoms with Crippen LogP contribution in [-0.2, 0) is 6.54 Å². The Morgan fingerprint density at radius 1 is 1.37 bits per heavy atom. The van der Waals surface area contributed by atoms with Gasteiger partial charge in [0.25, 0.3) is 5.91 Å². The zero-order valence-electron chi connectivity index (χ0n) is 15.9. The van der Waals surface area contributed by atoms with Gasteiger partial charge in [0.05, 0.1) is 29.6 Å². The molecule has 3 rings (SSSR count). The minimum atomic E-state index is -4.29. The molecular formula is C19H16F4N3O4-. The van der Waals surface area contributed by atoms with Crippen LogP contribution in [0, 0.1) is 6.92 Å². The standard InChI is InChI=1S/C19H17F4N3O4/c1-9-5-13(25-6-14(9)30-8-19(22,23)18(20)21)10(2)26-7-12-11(16(26)27)3-4-24-15(12)17(28)29/h3-6,10,18H,7-8H2,1-2H3,(H,28,29)/p-1. The summed E-state index contributed by atoms with van der Waals surface area (Å²) in [4.78, 5) is 33.1. The molecule has 0 spiro atoms. The van der Waals surface area contributed by atoms with Crippen LogP contribution in [-0.4, -0.2) is 45.7 Å². The molecule has 1 unspecified atom stereocenters. The quantitative estimate of drug-likeness (QED) is 0.630. The molecule has 3 heterocycles. The molecule has 11 heteroatoms. The van der Waals surface area contributed by atoms with Crippen LogP contribution >= 0.6 is 0 Å². The number of halogens is 4. The number of amides is 1. The van der Waals surface area contributed by atoms with Crippen molar-refractivity contribution in [3.05, 3.63) is 52.6 Å². The molecule has 30 heavy (non-hydrogen) atoms. The highest BCUT2D eigenvalue weighted by molar-refractivity contribution is 6.01. The van der Waals surface area contributed by atoms with Gasteiger partial charge in [0.1, 0.15) is 5.75 Å². The van der Waals surface area contributed by atoms with Crippen LogP contribution in [0.15, 0.2) is 24.5 Å². The van der Waals surface area contributed by atoms with Crippen LogP contribution in [0.2, 0.25) is 0 Å². The van der Waals surface area contributed by atoms with E-state index in [1.54, 1.807) is 6.92 Å². The molecule has 0 radical (unpaired) electrons. The highest BCUT2D eigenvalue weighted by atomic mass is 19.3. The summed E-state index contributed by atoms with van der Waals surface area (Å²) in [5.41, 5.74) is 0.855. The monoisotopic (exact) mass is 426 g/mol. The Labute approximate surface area is 168 Å².